The van der Waals surface area contributed by atoms with E-state index in [0.29, 0.717) is 35.6 Å². The van der Waals surface area contributed by atoms with Gasteiger partial charge in [-0.1, -0.05) is 30.3 Å². The molecule has 2 aromatic carbocycles. The molecule has 0 saturated carbocycles. The first-order valence-electron chi connectivity index (χ1n) is 10.7. The van der Waals surface area contributed by atoms with Crippen LogP contribution in [0.2, 0.25) is 0 Å². The number of nitrogens with one attached hydrogen (secondary N) is 1. The summed E-state index contributed by atoms with van der Waals surface area (Å²) in [6, 6.07) is 15.4. The molecule has 0 unspecified atom stereocenters. The summed E-state index contributed by atoms with van der Waals surface area (Å²) in [4.78, 5) is 33.6. The van der Waals surface area contributed by atoms with Gasteiger partial charge in [-0.3, -0.25) is 14.6 Å². The first kappa shape index (κ1) is 22.0. The van der Waals surface area contributed by atoms with E-state index in [9.17, 15) is 18.0 Å². The third kappa shape index (κ3) is 3.88. The Hall–Kier alpha value is -3.83. The Kier molecular flexibility index (Phi) is 5.50. The van der Waals surface area contributed by atoms with Gasteiger partial charge in [0.05, 0.1) is 16.8 Å². The van der Waals surface area contributed by atoms with E-state index in [1.807, 2.05) is 35.2 Å². The minimum atomic E-state index is -3.70. The van der Waals surface area contributed by atoms with E-state index in [1.54, 1.807) is 4.68 Å². The number of nitrogens with zero attached hydrogens (tertiary/aromatic N) is 5. The van der Waals surface area contributed by atoms with Crippen molar-refractivity contribution < 1.29 is 13.2 Å². The molecule has 1 saturated heterocycles. The van der Waals surface area contributed by atoms with E-state index in [1.165, 1.54) is 41.7 Å². The summed E-state index contributed by atoms with van der Waals surface area (Å²) in [6.07, 6.45) is 1.49. The molecule has 0 radical (unpaired) electrons. The molecule has 11 heteroatoms. The molecule has 0 spiro atoms. The summed E-state index contributed by atoms with van der Waals surface area (Å²) in [5.41, 5.74) is 1.38. The average Bonchev–Trinajstić information content (AvgIpc) is 3.29. The fourth-order valence-corrected chi connectivity index (χ4v) is 5.39. The van der Waals surface area contributed by atoms with Crippen molar-refractivity contribution in [1.29, 1.82) is 0 Å². The van der Waals surface area contributed by atoms with Crippen LogP contribution in [0.25, 0.3) is 16.7 Å². The van der Waals surface area contributed by atoms with Crippen molar-refractivity contribution in [2.24, 2.45) is 0 Å². The number of Topliss-reactive ketones (excluding diaryl/α,β-unsaturated/α-hetero) is 1. The van der Waals surface area contributed by atoms with Crippen molar-refractivity contribution in [2.75, 3.05) is 31.1 Å². The molecular weight excluding hydrogens is 456 g/mol. The summed E-state index contributed by atoms with van der Waals surface area (Å²) in [5, 5.41) is 4.69. The summed E-state index contributed by atoms with van der Waals surface area (Å²) < 4.78 is 29.1. The summed E-state index contributed by atoms with van der Waals surface area (Å²) in [7, 11) is -3.70. The maximum absolute atomic E-state index is 13.0. The molecule has 5 rings (SSSR count). The van der Waals surface area contributed by atoms with Gasteiger partial charge in [-0.05, 0) is 31.2 Å². The zero-order valence-corrected chi connectivity index (χ0v) is 19.2. The Morgan fingerprint density at radius 1 is 0.971 bits per heavy atom. The molecule has 0 amide bonds. The van der Waals surface area contributed by atoms with Gasteiger partial charge >= 0.3 is 0 Å². The van der Waals surface area contributed by atoms with Crippen LogP contribution in [0.1, 0.15) is 17.3 Å². The number of hydrogen-bond acceptors (Lipinski definition) is 7. The second-order valence-corrected chi connectivity index (χ2v) is 9.93. The van der Waals surface area contributed by atoms with Gasteiger partial charge in [0, 0.05) is 31.7 Å². The van der Waals surface area contributed by atoms with Gasteiger partial charge < -0.3 is 4.90 Å². The van der Waals surface area contributed by atoms with Crippen LogP contribution in [0.4, 0.5) is 5.95 Å². The summed E-state index contributed by atoms with van der Waals surface area (Å²) in [6.45, 7) is 2.62. The van der Waals surface area contributed by atoms with Crippen molar-refractivity contribution in [3.05, 3.63) is 76.7 Å². The topological polar surface area (TPSA) is 121 Å². The minimum absolute atomic E-state index is 0.121. The average molecular weight is 479 g/mol. The number of hydrogen-bond donors (Lipinski definition) is 1. The van der Waals surface area contributed by atoms with E-state index >= 15 is 0 Å². The number of sulfonamides is 1. The highest BCUT2D eigenvalue weighted by Gasteiger charge is 2.29. The first-order chi connectivity index (χ1) is 16.3. The van der Waals surface area contributed by atoms with Crippen LogP contribution in [-0.4, -0.2) is 64.4 Å². The SMILES string of the molecule is CC(=O)c1ccc(S(=O)(=O)N2CCN(c3nc4c(cnn4-c4ccccc4)c(=O)[nH]3)CC2)cc1. The van der Waals surface area contributed by atoms with Gasteiger partial charge in [-0.25, -0.2) is 13.1 Å². The van der Waals surface area contributed by atoms with Crippen molar-refractivity contribution in [3.63, 3.8) is 0 Å². The van der Waals surface area contributed by atoms with E-state index in [0.717, 1.165) is 5.69 Å². The van der Waals surface area contributed by atoms with Gasteiger partial charge in [0.25, 0.3) is 5.56 Å². The van der Waals surface area contributed by atoms with Gasteiger partial charge in [-0.2, -0.15) is 14.4 Å². The third-order valence-electron chi connectivity index (χ3n) is 5.86. The molecule has 0 bridgehead atoms. The van der Waals surface area contributed by atoms with Gasteiger partial charge in [0.2, 0.25) is 16.0 Å². The van der Waals surface area contributed by atoms with Gasteiger partial charge in [0.1, 0.15) is 5.39 Å². The fourth-order valence-electron chi connectivity index (χ4n) is 3.97. The van der Waals surface area contributed by atoms with Crippen LogP contribution in [0.5, 0.6) is 0 Å². The number of piperazine rings is 1. The van der Waals surface area contributed by atoms with Crippen LogP contribution in [-0.2, 0) is 10.0 Å². The maximum atomic E-state index is 13.0. The second-order valence-electron chi connectivity index (χ2n) is 7.99. The van der Waals surface area contributed by atoms with Gasteiger partial charge in [-0.15, -0.1) is 0 Å². The lowest BCUT2D eigenvalue weighted by molar-refractivity contribution is 0.101. The van der Waals surface area contributed by atoms with E-state index < -0.39 is 10.0 Å². The molecule has 1 fully saturated rings. The molecule has 174 valence electrons. The zero-order valence-electron chi connectivity index (χ0n) is 18.4. The fraction of sp³-hybridized carbons (Fsp3) is 0.217. The largest absolute Gasteiger partial charge is 0.340 e. The van der Waals surface area contributed by atoms with E-state index in [4.69, 9.17) is 0 Å². The number of carbonyl (C=O) groups is 1. The van der Waals surface area contributed by atoms with Gasteiger partial charge in [0.15, 0.2) is 11.4 Å². The summed E-state index contributed by atoms with van der Waals surface area (Å²) in [5.74, 6) is 0.252. The number of ketones is 1. The predicted octanol–water partition coefficient (Wildman–Crippen LogP) is 1.82. The monoisotopic (exact) mass is 478 g/mol. The van der Waals surface area contributed by atoms with Crippen molar-refractivity contribution >= 4 is 32.8 Å². The predicted molar refractivity (Wildman–Crippen MR) is 127 cm³/mol. The minimum Gasteiger partial charge on any atom is -0.340 e. The molecule has 34 heavy (non-hydrogen) atoms. The lowest BCUT2D eigenvalue weighted by Gasteiger charge is -2.34. The number of fused-ring (bicyclic) bond motifs is 1. The highest BCUT2D eigenvalue weighted by Crippen LogP contribution is 2.21. The number of rotatable bonds is 5. The highest BCUT2D eigenvalue weighted by molar-refractivity contribution is 7.89. The van der Waals surface area contributed by atoms with Crippen LogP contribution in [0, 0.1) is 0 Å². The van der Waals surface area contributed by atoms with Crippen molar-refractivity contribution in [2.45, 2.75) is 11.8 Å². The lowest BCUT2D eigenvalue weighted by Crippen LogP contribution is -2.49. The number of aromatic nitrogens is 4. The number of para-hydroxylation sites is 1. The first-order valence-corrected chi connectivity index (χ1v) is 12.2. The molecule has 4 aromatic rings. The molecule has 0 aliphatic carbocycles. The summed E-state index contributed by atoms with van der Waals surface area (Å²) >= 11 is 0. The third-order valence-corrected chi connectivity index (χ3v) is 7.78. The molecule has 1 N–H and O–H groups in total. The number of carbonyl (C=O) groups excluding carboxylic acids is 1. The van der Waals surface area contributed by atoms with E-state index in [-0.39, 0.29) is 29.3 Å². The van der Waals surface area contributed by atoms with Crippen LogP contribution in [0.15, 0.2) is 70.5 Å². The Balaban J connectivity index is 1.38. The lowest BCUT2D eigenvalue weighted by atomic mass is 10.2. The number of anilines is 1. The molecule has 1 aliphatic rings. The van der Waals surface area contributed by atoms with Crippen LogP contribution < -0.4 is 10.5 Å². The Morgan fingerprint density at radius 3 is 2.29 bits per heavy atom. The molecule has 0 atom stereocenters. The normalized spacial score (nSPS) is 15.0. The zero-order chi connectivity index (χ0) is 23.9. The molecule has 1 aliphatic heterocycles. The molecule has 10 nitrogen and oxygen atoms in total. The standard InChI is InChI=1S/C23H22N6O4S/c1-16(30)17-7-9-19(10-8-17)34(32,33)28-13-11-27(12-14-28)23-25-21-20(22(31)26-23)15-24-29(21)18-5-3-2-4-6-18/h2-10,15H,11-14H2,1H3,(H,25,26,31). The number of benzene rings is 2. The highest BCUT2D eigenvalue weighted by atomic mass is 32.2. The molecular formula is C23H22N6O4S. The smallest absolute Gasteiger partial charge is 0.263 e. The van der Waals surface area contributed by atoms with Crippen molar-refractivity contribution in [1.82, 2.24) is 24.1 Å². The Bertz CT molecular complexity index is 1520. The van der Waals surface area contributed by atoms with E-state index in [2.05, 4.69) is 15.1 Å². The Labute approximate surface area is 195 Å². The molecule has 3 heterocycles. The number of aromatic amines is 1. The molecule has 2 aromatic heterocycles. The Morgan fingerprint density at radius 2 is 1.65 bits per heavy atom. The van der Waals surface area contributed by atoms with Crippen molar-refractivity contribution in [3.8, 4) is 5.69 Å². The maximum Gasteiger partial charge on any atom is 0.263 e. The number of H-pyrrole nitrogens is 1. The quantitative estimate of drug-likeness (QED) is 0.434. The van der Waals surface area contributed by atoms with Crippen LogP contribution in [0.3, 0.4) is 0 Å². The second kappa shape index (κ2) is 8.50. The van der Waals surface area contributed by atoms with Crippen LogP contribution >= 0.6 is 0 Å².